The zero-order valence-corrected chi connectivity index (χ0v) is 19.7. The number of thiophene rings is 1. The molecule has 0 radical (unpaired) electrons. The van der Waals surface area contributed by atoms with Crippen molar-refractivity contribution >= 4 is 44.1 Å². The van der Waals surface area contributed by atoms with Gasteiger partial charge in [-0.25, -0.2) is 4.98 Å². The summed E-state index contributed by atoms with van der Waals surface area (Å²) in [6.45, 7) is 1.91. The summed E-state index contributed by atoms with van der Waals surface area (Å²) in [6, 6.07) is 17.5. The second kappa shape index (κ2) is 9.43. The lowest BCUT2D eigenvalue weighted by Gasteiger charge is -2.29. The first-order valence-electron chi connectivity index (χ1n) is 11.5. The van der Waals surface area contributed by atoms with E-state index in [0.29, 0.717) is 12.0 Å². The lowest BCUT2D eigenvalue weighted by Crippen LogP contribution is -2.34. The molecule has 2 aromatic heterocycles. The molecular weight excluding hydrogens is 414 g/mol. The van der Waals surface area contributed by atoms with Crippen molar-refractivity contribution in [1.82, 2.24) is 15.3 Å². The van der Waals surface area contributed by atoms with Gasteiger partial charge in [0.25, 0.3) is 0 Å². The van der Waals surface area contributed by atoms with Crippen LogP contribution in [0.3, 0.4) is 0 Å². The number of hydrogen-bond acceptors (Lipinski definition) is 6. The third kappa shape index (κ3) is 4.57. The number of fused-ring (bicyclic) bond motifs is 2. The van der Waals surface area contributed by atoms with Crippen molar-refractivity contribution in [2.45, 2.75) is 38.3 Å². The van der Waals surface area contributed by atoms with Gasteiger partial charge in [-0.15, -0.1) is 11.3 Å². The van der Waals surface area contributed by atoms with Gasteiger partial charge in [-0.1, -0.05) is 30.3 Å². The van der Waals surface area contributed by atoms with Gasteiger partial charge in [-0.2, -0.15) is 4.98 Å². The Hall–Kier alpha value is -2.70. The lowest BCUT2D eigenvalue weighted by molar-refractivity contribution is 0.300. The molecular formula is C26H31N5S. The van der Waals surface area contributed by atoms with E-state index in [1.807, 2.05) is 37.6 Å². The number of nitrogens with one attached hydrogen (secondary N) is 2. The van der Waals surface area contributed by atoms with Crippen LogP contribution in [0.15, 0.2) is 53.9 Å². The normalized spacial score (nSPS) is 18.8. The van der Waals surface area contributed by atoms with Crippen molar-refractivity contribution in [2.75, 3.05) is 30.9 Å². The Morgan fingerprint density at radius 3 is 2.50 bits per heavy atom. The number of hydrogen-bond donors (Lipinski definition) is 2. The van der Waals surface area contributed by atoms with Crippen LogP contribution in [0.5, 0.6) is 0 Å². The first kappa shape index (κ1) is 21.2. The van der Waals surface area contributed by atoms with Crippen LogP contribution in [0.1, 0.15) is 31.2 Å². The predicted octanol–water partition coefficient (Wildman–Crippen LogP) is 5.67. The Bertz CT molecular complexity index is 1190. The van der Waals surface area contributed by atoms with E-state index in [1.165, 1.54) is 41.3 Å². The summed E-state index contributed by atoms with van der Waals surface area (Å²) < 4.78 is 1.38. The highest BCUT2D eigenvalue weighted by molar-refractivity contribution is 7.17. The van der Waals surface area contributed by atoms with Gasteiger partial charge in [0.15, 0.2) is 0 Å². The number of rotatable bonds is 7. The van der Waals surface area contributed by atoms with Crippen LogP contribution < -0.4 is 15.5 Å². The molecule has 0 bridgehead atoms. The van der Waals surface area contributed by atoms with Gasteiger partial charge >= 0.3 is 0 Å². The van der Waals surface area contributed by atoms with Crippen LogP contribution in [0, 0.1) is 5.92 Å². The Labute approximate surface area is 193 Å². The standard InChI is InChI=1S/C26H31N5S/c1-31(2)25-22-8-3-5-9-23(22)29-26(30-25)28-15-18-11-13-20(14-12-18)27-16-19-17-32-24-10-6-4-7-21(19)24/h3-10,17-18,20,27H,11-16H2,1-2H3,(H,28,29,30). The maximum atomic E-state index is 4.77. The largest absolute Gasteiger partial charge is 0.362 e. The number of para-hydroxylation sites is 1. The zero-order valence-electron chi connectivity index (χ0n) is 18.8. The molecule has 0 unspecified atom stereocenters. The highest BCUT2D eigenvalue weighted by Gasteiger charge is 2.21. The molecule has 5 nitrogen and oxygen atoms in total. The maximum Gasteiger partial charge on any atom is 0.225 e. The highest BCUT2D eigenvalue weighted by atomic mass is 32.1. The molecule has 0 spiro atoms. The minimum Gasteiger partial charge on any atom is -0.362 e. The average Bonchev–Trinajstić information content (AvgIpc) is 3.24. The minimum atomic E-state index is 0.613. The molecule has 0 amide bonds. The molecule has 0 aliphatic heterocycles. The zero-order chi connectivity index (χ0) is 21.9. The first-order valence-corrected chi connectivity index (χ1v) is 12.4. The summed E-state index contributed by atoms with van der Waals surface area (Å²) >= 11 is 1.85. The number of aromatic nitrogens is 2. The molecule has 2 N–H and O–H groups in total. The Balaban J connectivity index is 1.14. The number of nitrogens with zero attached hydrogens (tertiary/aromatic N) is 3. The second-order valence-corrected chi connectivity index (χ2v) is 9.93. The highest BCUT2D eigenvalue weighted by Crippen LogP contribution is 2.28. The summed E-state index contributed by atoms with van der Waals surface area (Å²) in [6.07, 6.45) is 4.94. The molecule has 1 fully saturated rings. The third-order valence-electron chi connectivity index (χ3n) is 6.54. The van der Waals surface area contributed by atoms with E-state index >= 15 is 0 Å². The molecule has 4 aromatic rings. The van der Waals surface area contributed by atoms with E-state index in [0.717, 1.165) is 35.8 Å². The summed E-state index contributed by atoms with van der Waals surface area (Å²) in [5.74, 6) is 2.37. The van der Waals surface area contributed by atoms with Gasteiger partial charge in [-0.05, 0) is 66.1 Å². The second-order valence-electron chi connectivity index (χ2n) is 9.02. The molecule has 2 aromatic carbocycles. The fourth-order valence-electron chi connectivity index (χ4n) is 4.71. The van der Waals surface area contributed by atoms with Gasteiger partial charge in [-0.3, -0.25) is 0 Å². The maximum absolute atomic E-state index is 4.77. The van der Waals surface area contributed by atoms with Crippen LogP contribution in [-0.2, 0) is 6.54 Å². The summed E-state index contributed by atoms with van der Waals surface area (Å²) in [5, 5.41) is 12.1. The molecule has 5 rings (SSSR count). The van der Waals surface area contributed by atoms with Crippen molar-refractivity contribution in [3.63, 3.8) is 0 Å². The van der Waals surface area contributed by atoms with Crippen molar-refractivity contribution in [3.8, 4) is 0 Å². The van der Waals surface area contributed by atoms with Gasteiger partial charge < -0.3 is 15.5 Å². The van der Waals surface area contributed by atoms with Crippen LogP contribution >= 0.6 is 11.3 Å². The molecule has 0 saturated heterocycles. The van der Waals surface area contributed by atoms with Crippen molar-refractivity contribution < 1.29 is 0 Å². The lowest BCUT2D eigenvalue weighted by atomic mass is 9.86. The number of anilines is 2. The first-order chi connectivity index (χ1) is 15.7. The van der Waals surface area contributed by atoms with Crippen molar-refractivity contribution in [1.29, 1.82) is 0 Å². The summed E-state index contributed by atoms with van der Waals surface area (Å²) in [7, 11) is 4.07. The quantitative estimate of drug-likeness (QED) is 0.384. The topological polar surface area (TPSA) is 53.1 Å². The molecule has 1 saturated carbocycles. The van der Waals surface area contributed by atoms with Crippen LogP contribution in [0.4, 0.5) is 11.8 Å². The fraction of sp³-hybridized carbons (Fsp3) is 0.385. The van der Waals surface area contributed by atoms with Crippen molar-refractivity contribution in [2.24, 2.45) is 5.92 Å². The smallest absolute Gasteiger partial charge is 0.225 e. The fourth-order valence-corrected chi connectivity index (χ4v) is 5.67. The van der Waals surface area contributed by atoms with Gasteiger partial charge in [0.2, 0.25) is 5.95 Å². The molecule has 32 heavy (non-hydrogen) atoms. The molecule has 166 valence electrons. The van der Waals surface area contributed by atoms with Gasteiger partial charge in [0.05, 0.1) is 5.52 Å². The summed E-state index contributed by atoms with van der Waals surface area (Å²) in [4.78, 5) is 11.6. The van der Waals surface area contributed by atoms with Crippen LogP contribution in [0.25, 0.3) is 21.0 Å². The van der Waals surface area contributed by atoms with E-state index in [9.17, 15) is 0 Å². The number of benzene rings is 2. The van der Waals surface area contributed by atoms with E-state index in [1.54, 1.807) is 0 Å². The SMILES string of the molecule is CN(C)c1nc(NCC2CCC(NCc3csc4ccccc34)CC2)nc2ccccc12. The Morgan fingerprint density at radius 1 is 0.938 bits per heavy atom. The van der Waals surface area contributed by atoms with Crippen molar-refractivity contribution in [3.05, 3.63) is 59.5 Å². The predicted molar refractivity (Wildman–Crippen MR) is 137 cm³/mol. The molecule has 1 aliphatic carbocycles. The molecule has 0 atom stereocenters. The monoisotopic (exact) mass is 445 g/mol. The van der Waals surface area contributed by atoms with Crippen LogP contribution in [0.2, 0.25) is 0 Å². The molecule has 1 aliphatic rings. The van der Waals surface area contributed by atoms with Crippen LogP contribution in [-0.4, -0.2) is 36.6 Å². The Morgan fingerprint density at radius 2 is 1.69 bits per heavy atom. The van der Waals surface area contributed by atoms with E-state index < -0.39 is 0 Å². The average molecular weight is 446 g/mol. The van der Waals surface area contributed by atoms with Gasteiger partial charge in [0.1, 0.15) is 5.82 Å². The Kier molecular flexibility index (Phi) is 6.23. The minimum absolute atomic E-state index is 0.613. The molecule has 6 heteroatoms. The van der Waals surface area contributed by atoms with Gasteiger partial charge in [0, 0.05) is 43.3 Å². The molecule has 2 heterocycles. The van der Waals surface area contributed by atoms with E-state index in [2.05, 4.69) is 57.3 Å². The van der Waals surface area contributed by atoms with E-state index in [4.69, 9.17) is 9.97 Å². The van der Waals surface area contributed by atoms with E-state index in [-0.39, 0.29) is 0 Å². The summed E-state index contributed by atoms with van der Waals surface area (Å²) in [5.41, 5.74) is 2.42. The third-order valence-corrected chi connectivity index (χ3v) is 7.56.